The summed E-state index contributed by atoms with van der Waals surface area (Å²) in [6.07, 6.45) is -0.277. The Kier molecular flexibility index (Phi) is 5.79. The van der Waals surface area contributed by atoms with Gasteiger partial charge in [-0.1, -0.05) is 12.1 Å². The Hall–Kier alpha value is -3.40. The van der Waals surface area contributed by atoms with Crippen LogP contribution in [0, 0.1) is 6.92 Å². The SMILES string of the molecule is Cc1cn(-c2ccc3n(c2=O)CCN([C@@H](C)[C@@H]2CC[C@H](c4ccc(C(F)(F)F)cc4)O2)C3=O)cn1. The van der Waals surface area contributed by atoms with Gasteiger partial charge in [-0.05, 0) is 56.5 Å². The van der Waals surface area contributed by atoms with Crippen LogP contribution in [0.25, 0.3) is 5.69 Å². The molecule has 184 valence electrons. The van der Waals surface area contributed by atoms with E-state index in [9.17, 15) is 22.8 Å². The zero-order valence-electron chi connectivity index (χ0n) is 19.3. The number of amides is 1. The van der Waals surface area contributed by atoms with Crippen molar-refractivity contribution in [2.75, 3.05) is 6.54 Å². The normalized spacial score (nSPS) is 21.3. The molecule has 0 saturated carbocycles. The number of halogens is 3. The summed E-state index contributed by atoms with van der Waals surface area (Å²) >= 11 is 0. The van der Waals surface area contributed by atoms with E-state index in [-0.39, 0.29) is 29.7 Å². The topological polar surface area (TPSA) is 69.4 Å². The third kappa shape index (κ3) is 4.27. The number of nitrogens with zero attached hydrogens (tertiary/aromatic N) is 4. The van der Waals surface area contributed by atoms with Crippen LogP contribution in [0.3, 0.4) is 0 Å². The lowest BCUT2D eigenvalue weighted by molar-refractivity contribution is -0.137. The number of imidazole rings is 1. The number of pyridine rings is 1. The summed E-state index contributed by atoms with van der Waals surface area (Å²) in [5.41, 5.74) is 1.29. The molecule has 2 aromatic heterocycles. The van der Waals surface area contributed by atoms with Gasteiger partial charge >= 0.3 is 6.18 Å². The van der Waals surface area contributed by atoms with Gasteiger partial charge in [0.05, 0.1) is 35.8 Å². The summed E-state index contributed by atoms with van der Waals surface area (Å²) in [5, 5.41) is 0. The number of aryl methyl sites for hydroxylation is 1. The van der Waals surface area contributed by atoms with Gasteiger partial charge in [-0.2, -0.15) is 13.2 Å². The predicted octanol–water partition coefficient (Wildman–Crippen LogP) is 4.13. The summed E-state index contributed by atoms with van der Waals surface area (Å²) in [6, 6.07) is 8.09. The van der Waals surface area contributed by atoms with Crippen molar-refractivity contribution < 1.29 is 22.7 Å². The molecule has 0 bridgehead atoms. The van der Waals surface area contributed by atoms with Gasteiger partial charge in [0.1, 0.15) is 11.4 Å². The van der Waals surface area contributed by atoms with Crippen molar-refractivity contribution >= 4 is 5.91 Å². The number of carbonyl (C=O) groups excluding carboxylic acids is 1. The van der Waals surface area contributed by atoms with Gasteiger partial charge in [-0.25, -0.2) is 4.98 Å². The largest absolute Gasteiger partial charge is 0.416 e. The lowest BCUT2D eigenvalue weighted by atomic mass is 10.0. The van der Waals surface area contributed by atoms with Crippen LogP contribution in [0.5, 0.6) is 0 Å². The van der Waals surface area contributed by atoms with Crippen LogP contribution in [0.4, 0.5) is 13.2 Å². The smallest absolute Gasteiger partial charge is 0.368 e. The van der Waals surface area contributed by atoms with Gasteiger partial charge in [-0.15, -0.1) is 0 Å². The van der Waals surface area contributed by atoms with E-state index in [2.05, 4.69) is 4.98 Å². The average Bonchev–Trinajstić information content (AvgIpc) is 3.49. The highest BCUT2D eigenvalue weighted by atomic mass is 19.4. The first-order valence-corrected chi connectivity index (χ1v) is 11.5. The Balaban J connectivity index is 1.30. The van der Waals surface area contributed by atoms with Crippen LogP contribution in [0.1, 0.15) is 53.2 Å². The molecule has 0 radical (unpaired) electrons. The minimum Gasteiger partial charge on any atom is -0.368 e. The summed E-state index contributed by atoms with van der Waals surface area (Å²) in [4.78, 5) is 32.2. The third-order valence-electron chi connectivity index (χ3n) is 6.88. The highest BCUT2D eigenvalue weighted by Gasteiger charge is 2.38. The van der Waals surface area contributed by atoms with Gasteiger partial charge in [-0.3, -0.25) is 9.59 Å². The standard InChI is InChI=1S/C25H25F3N4O3/c1-15-13-30(14-29-15)19-7-8-20-24(34)31(11-12-32(20)23(19)33)16(2)21-9-10-22(35-21)17-3-5-18(6-4-17)25(26,27)28/h3-8,13-14,16,21-22H,9-12H2,1-2H3/t16-,21-,22+/m0/s1. The molecule has 10 heteroatoms. The van der Waals surface area contributed by atoms with Crippen LogP contribution in [0.15, 0.2) is 53.7 Å². The van der Waals surface area contributed by atoms with E-state index in [1.54, 1.807) is 34.1 Å². The first-order chi connectivity index (χ1) is 16.6. The summed E-state index contributed by atoms with van der Waals surface area (Å²) in [7, 11) is 0. The number of rotatable bonds is 4. The fourth-order valence-corrected chi connectivity index (χ4v) is 4.92. The van der Waals surface area contributed by atoms with E-state index in [4.69, 9.17) is 4.74 Å². The predicted molar refractivity (Wildman–Crippen MR) is 121 cm³/mol. The molecule has 5 rings (SSSR count). The number of hydrogen-bond acceptors (Lipinski definition) is 4. The molecule has 35 heavy (non-hydrogen) atoms. The highest BCUT2D eigenvalue weighted by Crippen LogP contribution is 2.37. The molecule has 3 atom stereocenters. The van der Waals surface area contributed by atoms with Crippen LogP contribution < -0.4 is 5.56 Å². The molecule has 2 aliphatic heterocycles. The lowest BCUT2D eigenvalue weighted by Gasteiger charge is -2.37. The van der Waals surface area contributed by atoms with E-state index in [0.717, 1.165) is 17.8 Å². The van der Waals surface area contributed by atoms with Crippen molar-refractivity contribution in [2.24, 2.45) is 0 Å². The van der Waals surface area contributed by atoms with E-state index in [0.29, 0.717) is 42.9 Å². The number of hydrogen-bond donors (Lipinski definition) is 0. The first kappa shape index (κ1) is 23.3. The summed E-state index contributed by atoms with van der Waals surface area (Å²) in [5.74, 6) is -0.240. The average molecular weight is 486 g/mol. The van der Waals surface area contributed by atoms with Crippen molar-refractivity contribution in [3.63, 3.8) is 0 Å². The van der Waals surface area contributed by atoms with Crippen molar-refractivity contribution in [1.82, 2.24) is 19.0 Å². The molecule has 0 N–H and O–H groups in total. The zero-order chi connectivity index (χ0) is 24.9. The number of alkyl halides is 3. The Labute approximate surface area is 199 Å². The number of ether oxygens (including phenoxy) is 1. The molecule has 0 spiro atoms. The van der Waals surface area contributed by atoms with Gasteiger partial charge < -0.3 is 18.8 Å². The molecule has 4 heterocycles. The molecular formula is C25H25F3N4O3. The Morgan fingerprint density at radius 3 is 2.46 bits per heavy atom. The van der Waals surface area contributed by atoms with Crippen molar-refractivity contribution in [2.45, 2.75) is 57.7 Å². The molecule has 1 saturated heterocycles. The monoisotopic (exact) mass is 486 g/mol. The molecule has 0 unspecified atom stereocenters. The quantitative estimate of drug-likeness (QED) is 0.556. The Morgan fingerprint density at radius 2 is 1.80 bits per heavy atom. The molecule has 3 aromatic rings. The zero-order valence-corrected chi connectivity index (χ0v) is 19.3. The van der Waals surface area contributed by atoms with Crippen LogP contribution in [-0.2, 0) is 17.5 Å². The second-order valence-corrected chi connectivity index (χ2v) is 9.08. The fourth-order valence-electron chi connectivity index (χ4n) is 4.92. The minimum atomic E-state index is -4.38. The molecular weight excluding hydrogens is 461 g/mol. The van der Waals surface area contributed by atoms with E-state index in [1.807, 2.05) is 13.8 Å². The van der Waals surface area contributed by atoms with Gasteiger partial charge in [0.15, 0.2) is 0 Å². The minimum absolute atomic E-state index is 0.240. The van der Waals surface area contributed by atoms with Gasteiger partial charge in [0.2, 0.25) is 0 Å². The Bertz CT molecular complexity index is 1310. The summed E-state index contributed by atoms with van der Waals surface area (Å²) < 4.78 is 47.9. The second-order valence-electron chi connectivity index (χ2n) is 9.08. The van der Waals surface area contributed by atoms with E-state index in [1.165, 1.54) is 16.7 Å². The summed E-state index contributed by atoms with van der Waals surface area (Å²) in [6.45, 7) is 4.47. The molecule has 0 aliphatic carbocycles. The first-order valence-electron chi connectivity index (χ1n) is 11.5. The number of aromatic nitrogens is 3. The molecule has 1 aromatic carbocycles. The van der Waals surface area contributed by atoms with Gasteiger partial charge in [0.25, 0.3) is 11.5 Å². The van der Waals surface area contributed by atoms with Crippen LogP contribution in [-0.4, -0.2) is 43.6 Å². The lowest BCUT2D eigenvalue weighted by Crippen LogP contribution is -2.52. The maximum Gasteiger partial charge on any atom is 0.416 e. The molecule has 7 nitrogen and oxygen atoms in total. The van der Waals surface area contributed by atoms with Crippen LogP contribution >= 0.6 is 0 Å². The number of fused-ring (bicyclic) bond motifs is 1. The van der Waals surface area contributed by atoms with Crippen LogP contribution in [0.2, 0.25) is 0 Å². The van der Waals surface area contributed by atoms with E-state index >= 15 is 0 Å². The van der Waals surface area contributed by atoms with Crippen molar-refractivity contribution in [1.29, 1.82) is 0 Å². The van der Waals surface area contributed by atoms with E-state index < -0.39 is 11.7 Å². The third-order valence-corrected chi connectivity index (χ3v) is 6.88. The maximum absolute atomic E-state index is 13.3. The second kappa shape index (κ2) is 8.67. The number of benzene rings is 1. The van der Waals surface area contributed by atoms with Crippen molar-refractivity contribution in [3.8, 4) is 5.69 Å². The van der Waals surface area contributed by atoms with Gasteiger partial charge in [0, 0.05) is 19.3 Å². The maximum atomic E-state index is 13.3. The fraction of sp³-hybridized carbons (Fsp3) is 0.400. The molecule has 2 aliphatic rings. The number of carbonyl (C=O) groups is 1. The molecule has 1 amide bonds. The molecule has 1 fully saturated rings. The highest BCUT2D eigenvalue weighted by molar-refractivity contribution is 5.93. The van der Waals surface area contributed by atoms with Crippen molar-refractivity contribution in [3.05, 3.63) is 81.8 Å². The Morgan fingerprint density at radius 1 is 1.06 bits per heavy atom.